The van der Waals surface area contributed by atoms with E-state index in [1.165, 1.54) is 45.3 Å². The van der Waals surface area contributed by atoms with Crippen molar-refractivity contribution < 1.29 is 0 Å². The Morgan fingerprint density at radius 3 is 2.56 bits per heavy atom. The molecule has 1 fully saturated rings. The van der Waals surface area contributed by atoms with Gasteiger partial charge in [0.15, 0.2) is 0 Å². The minimum Gasteiger partial charge on any atom is -0.330 e. The maximum absolute atomic E-state index is 5.56. The average Bonchev–Trinajstić information content (AvgIpc) is 2.67. The second kappa shape index (κ2) is 7.29. The van der Waals surface area contributed by atoms with E-state index in [0.29, 0.717) is 0 Å². The Hall–Kier alpha value is -0.0800. The van der Waals surface area contributed by atoms with Crippen LogP contribution >= 0.6 is 0 Å². The molecule has 1 rings (SSSR count). The molecule has 0 aromatic heterocycles. The molecule has 1 aliphatic rings. The number of hydrogen-bond acceptors (Lipinski definition) is 2. The van der Waals surface area contributed by atoms with Crippen LogP contribution < -0.4 is 5.73 Å². The predicted molar refractivity (Wildman–Crippen MR) is 71.5 cm³/mol. The highest BCUT2D eigenvalue weighted by Gasteiger charge is 2.24. The van der Waals surface area contributed by atoms with Gasteiger partial charge in [-0.2, -0.15) is 0 Å². The van der Waals surface area contributed by atoms with Crippen molar-refractivity contribution in [3.63, 3.8) is 0 Å². The summed E-state index contributed by atoms with van der Waals surface area (Å²) in [5, 5.41) is 0. The van der Waals surface area contributed by atoms with Crippen LogP contribution in [-0.2, 0) is 0 Å². The molecular formula is C14H30N2. The normalized spacial score (nSPS) is 24.2. The van der Waals surface area contributed by atoms with E-state index in [9.17, 15) is 0 Å². The van der Waals surface area contributed by atoms with Gasteiger partial charge in [0.05, 0.1) is 0 Å². The topological polar surface area (TPSA) is 29.3 Å². The Balaban J connectivity index is 2.06. The van der Waals surface area contributed by atoms with Gasteiger partial charge in [-0.25, -0.2) is 0 Å². The van der Waals surface area contributed by atoms with Crippen LogP contribution in [0.3, 0.4) is 0 Å². The van der Waals surface area contributed by atoms with Crippen LogP contribution in [0.25, 0.3) is 0 Å². The molecule has 0 aromatic rings. The van der Waals surface area contributed by atoms with Crippen molar-refractivity contribution in [2.24, 2.45) is 23.5 Å². The zero-order valence-corrected chi connectivity index (χ0v) is 11.4. The highest BCUT2D eigenvalue weighted by atomic mass is 15.1. The number of nitrogens with zero attached hydrogens (tertiary/aromatic N) is 1. The first-order valence-electron chi connectivity index (χ1n) is 7.06. The van der Waals surface area contributed by atoms with Crippen molar-refractivity contribution in [3.05, 3.63) is 0 Å². The van der Waals surface area contributed by atoms with Crippen LogP contribution in [0.15, 0.2) is 0 Å². The maximum atomic E-state index is 5.56. The molecule has 0 bridgehead atoms. The molecule has 1 heterocycles. The molecule has 2 unspecified atom stereocenters. The Labute approximate surface area is 102 Å². The highest BCUT2D eigenvalue weighted by Crippen LogP contribution is 2.24. The van der Waals surface area contributed by atoms with E-state index in [-0.39, 0.29) is 0 Å². The lowest BCUT2D eigenvalue weighted by molar-refractivity contribution is 0.289. The number of nitrogens with two attached hydrogens (primary N) is 1. The van der Waals surface area contributed by atoms with E-state index < -0.39 is 0 Å². The van der Waals surface area contributed by atoms with E-state index >= 15 is 0 Å². The van der Waals surface area contributed by atoms with Gasteiger partial charge in [-0.3, -0.25) is 0 Å². The van der Waals surface area contributed by atoms with E-state index in [1.54, 1.807) is 0 Å². The fraction of sp³-hybridized carbons (Fsp3) is 1.00. The molecule has 0 spiro atoms. The third kappa shape index (κ3) is 4.84. The molecule has 2 N–H and O–H groups in total. The Bertz CT molecular complexity index is 180. The third-order valence-electron chi connectivity index (χ3n) is 4.08. The minimum atomic E-state index is 0.813. The van der Waals surface area contributed by atoms with Crippen molar-refractivity contribution in [3.8, 4) is 0 Å². The van der Waals surface area contributed by atoms with Crippen LogP contribution in [0, 0.1) is 17.8 Å². The Kier molecular flexibility index (Phi) is 6.37. The second-order valence-electron chi connectivity index (χ2n) is 5.92. The van der Waals surface area contributed by atoms with Gasteiger partial charge in [-0.05, 0) is 63.1 Å². The van der Waals surface area contributed by atoms with Gasteiger partial charge in [-0.1, -0.05) is 20.8 Å². The molecule has 16 heavy (non-hydrogen) atoms. The summed E-state index contributed by atoms with van der Waals surface area (Å²) in [6.07, 6.45) is 5.30. The summed E-state index contributed by atoms with van der Waals surface area (Å²) in [6, 6.07) is 0. The standard InChI is InChI=1S/C14H30N2/c1-12(2)14-7-10-16(11-14)9-4-5-13(3)6-8-15/h12-14H,4-11,15H2,1-3H3. The van der Waals surface area contributed by atoms with Crippen LogP contribution in [0.4, 0.5) is 0 Å². The molecule has 96 valence electrons. The largest absolute Gasteiger partial charge is 0.330 e. The molecule has 1 saturated heterocycles. The SMILES string of the molecule is CC(CCN)CCCN1CCC(C(C)C)C1. The summed E-state index contributed by atoms with van der Waals surface area (Å²) < 4.78 is 0. The third-order valence-corrected chi connectivity index (χ3v) is 4.08. The first-order chi connectivity index (χ1) is 7.63. The predicted octanol–water partition coefficient (Wildman–Crippen LogP) is 2.73. The molecule has 0 radical (unpaired) electrons. The van der Waals surface area contributed by atoms with Crippen LogP contribution in [0.2, 0.25) is 0 Å². The van der Waals surface area contributed by atoms with E-state index in [4.69, 9.17) is 5.73 Å². The van der Waals surface area contributed by atoms with Gasteiger partial charge in [0.1, 0.15) is 0 Å². The molecular weight excluding hydrogens is 196 g/mol. The van der Waals surface area contributed by atoms with E-state index in [0.717, 1.165) is 24.3 Å². The molecule has 0 aromatic carbocycles. The van der Waals surface area contributed by atoms with Crippen molar-refractivity contribution in [2.75, 3.05) is 26.2 Å². The molecule has 0 aliphatic carbocycles. The zero-order valence-electron chi connectivity index (χ0n) is 11.4. The van der Waals surface area contributed by atoms with Crippen molar-refractivity contribution in [1.29, 1.82) is 0 Å². The van der Waals surface area contributed by atoms with Crippen molar-refractivity contribution in [1.82, 2.24) is 4.90 Å². The number of likely N-dealkylation sites (tertiary alicyclic amines) is 1. The van der Waals surface area contributed by atoms with E-state index in [2.05, 4.69) is 25.7 Å². The second-order valence-corrected chi connectivity index (χ2v) is 5.92. The zero-order chi connectivity index (χ0) is 12.0. The summed E-state index contributed by atoms with van der Waals surface area (Å²) in [6.45, 7) is 11.9. The summed E-state index contributed by atoms with van der Waals surface area (Å²) in [5.74, 6) is 2.62. The Morgan fingerprint density at radius 2 is 2.00 bits per heavy atom. The number of hydrogen-bond donors (Lipinski definition) is 1. The fourth-order valence-electron chi connectivity index (χ4n) is 2.70. The van der Waals surface area contributed by atoms with Gasteiger partial charge in [0.2, 0.25) is 0 Å². The fourth-order valence-corrected chi connectivity index (χ4v) is 2.70. The summed E-state index contributed by atoms with van der Waals surface area (Å²) in [4.78, 5) is 2.65. The summed E-state index contributed by atoms with van der Waals surface area (Å²) in [7, 11) is 0. The molecule has 0 saturated carbocycles. The van der Waals surface area contributed by atoms with Crippen LogP contribution in [0.5, 0.6) is 0 Å². The summed E-state index contributed by atoms with van der Waals surface area (Å²) in [5.41, 5.74) is 5.56. The van der Waals surface area contributed by atoms with Gasteiger partial charge in [0, 0.05) is 6.54 Å². The van der Waals surface area contributed by atoms with Gasteiger partial charge in [0.25, 0.3) is 0 Å². The lowest BCUT2D eigenvalue weighted by Crippen LogP contribution is -2.23. The lowest BCUT2D eigenvalue weighted by Gasteiger charge is -2.18. The Morgan fingerprint density at radius 1 is 1.25 bits per heavy atom. The van der Waals surface area contributed by atoms with E-state index in [1.807, 2.05) is 0 Å². The smallest absolute Gasteiger partial charge is 0.00126 e. The molecule has 2 heteroatoms. The monoisotopic (exact) mass is 226 g/mol. The lowest BCUT2D eigenvalue weighted by atomic mass is 9.95. The average molecular weight is 226 g/mol. The highest BCUT2D eigenvalue weighted by molar-refractivity contribution is 4.77. The maximum Gasteiger partial charge on any atom is 0.00126 e. The number of rotatable bonds is 7. The van der Waals surface area contributed by atoms with Crippen LogP contribution in [-0.4, -0.2) is 31.1 Å². The first-order valence-corrected chi connectivity index (χ1v) is 7.06. The van der Waals surface area contributed by atoms with Gasteiger partial charge >= 0.3 is 0 Å². The first kappa shape index (κ1) is 14.0. The molecule has 0 amide bonds. The van der Waals surface area contributed by atoms with Crippen LogP contribution in [0.1, 0.15) is 46.5 Å². The molecule has 2 atom stereocenters. The minimum absolute atomic E-state index is 0.813. The quantitative estimate of drug-likeness (QED) is 0.723. The summed E-state index contributed by atoms with van der Waals surface area (Å²) >= 11 is 0. The molecule has 2 nitrogen and oxygen atoms in total. The van der Waals surface area contributed by atoms with Crippen molar-refractivity contribution in [2.45, 2.75) is 46.5 Å². The van der Waals surface area contributed by atoms with Gasteiger partial charge < -0.3 is 10.6 Å². The van der Waals surface area contributed by atoms with Crippen molar-refractivity contribution >= 4 is 0 Å². The van der Waals surface area contributed by atoms with Gasteiger partial charge in [-0.15, -0.1) is 0 Å². The molecule has 1 aliphatic heterocycles.